The lowest BCUT2D eigenvalue weighted by atomic mass is 10.0. The van der Waals surface area contributed by atoms with E-state index in [1.54, 1.807) is 50.1 Å². The number of aromatic nitrogens is 2. The highest BCUT2D eigenvalue weighted by molar-refractivity contribution is 7.17. The quantitative estimate of drug-likeness (QED) is 0.319. The van der Waals surface area contributed by atoms with E-state index in [4.69, 9.17) is 19.2 Å². The van der Waals surface area contributed by atoms with Crippen LogP contribution in [0, 0.1) is 0 Å². The van der Waals surface area contributed by atoms with Crippen LogP contribution in [-0.2, 0) is 0 Å². The average molecular weight is 521 g/mol. The Bertz CT molecular complexity index is 1310. The molecule has 2 aromatic carbocycles. The first-order chi connectivity index (χ1) is 18.2. The van der Waals surface area contributed by atoms with Crippen LogP contribution in [0.1, 0.15) is 12.8 Å². The summed E-state index contributed by atoms with van der Waals surface area (Å²) >= 11 is 1.66. The first-order valence-corrected chi connectivity index (χ1v) is 13.3. The minimum Gasteiger partial charge on any atom is -0.493 e. The maximum Gasteiger partial charge on any atom is 0.164 e. The number of methoxy groups -OCH3 is 2. The molecule has 0 bridgehead atoms. The van der Waals surface area contributed by atoms with Crippen molar-refractivity contribution in [2.75, 3.05) is 45.4 Å². The van der Waals surface area contributed by atoms with Gasteiger partial charge < -0.3 is 29.5 Å². The van der Waals surface area contributed by atoms with E-state index in [-0.39, 0.29) is 6.61 Å². The fourth-order valence-corrected chi connectivity index (χ4v) is 5.60. The zero-order valence-electron chi connectivity index (χ0n) is 21.1. The van der Waals surface area contributed by atoms with Crippen molar-refractivity contribution in [2.45, 2.75) is 25.0 Å². The number of nitrogens with zero attached hydrogens (tertiary/aromatic N) is 3. The molecule has 3 heterocycles. The van der Waals surface area contributed by atoms with E-state index in [0.717, 1.165) is 42.0 Å². The van der Waals surface area contributed by atoms with Crippen molar-refractivity contribution in [3.8, 4) is 28.4 Å². The lowest BCUT2D eigenvalue weighted by molar-refractivity contribution is 0.102. The normalized spacial score (nSPS) is 15.1. The second kappa shape index (κ2) is 11.8. The molecule has 2 aromatic heterocycles. The fraction of sp³-hybridized carbons (Fsp3) is 0.357. The summed E-state index contributed by atoms with van der Waals surface area (Å²) in [7, 11) is 3.18. The van der Waals surface area contributed by atoms with Gasteiger partial charge in [-0.2, -0.15) is 0 Å². The van der Waals surface area contributed by atoms with Crippen molar-refractivity contribution >= 4 is 27.4 Å². The maximum atomic E-state index is 10.5. The summed E-state index contributed by atoms with van der Waals surface area (Å²) in [5.41, 5.74) is 2.37. The predicted molar refractivity (Wildman–Crippen MR) is 147 cm³/mol. The van der Waals surface area contributed by atoms with Gasteiger partial charge in [0.1, 0.15) is 35.4 Å². The highest BCUT2D eigenvalue weighted by Crippen LogP contribution is 2.38. The second-order valence-electron chi connectivity index (χ2n) is 9.04. The molecule has 9 heteroatoms. The largest absolute Gasteiger partial charge is 0.493 e. The van der Waals surface area contributed by atoms with Gasteiger partial charge in [0.2, 0.25) is 0 Å². The summed E-state index contributed by atoms with van der Waals surface area (Å²) in [6.45, 7) is 2.46. The molecular weight excluding hydrogens is 488 g/mol. The van der Waals surface area contributed by atoms with Crippen molar-refractivity contribution in [3.05, 3.63) is 60.2 Å². The highest BCUT2D eigenvalue weighted by atomic mass is 32.1. The number of piperidine rings is 1. The molecule has 1 saturated heterocycles. The Labute approximate surface area is 220 Å². The average Bonchev–Trinajstić information content (AvgIpc) is 3.40. The summed E-state index contributed by atoms with van der Waals surface area (Å²) < 4.78 is 16.3. The number of aliphatic hydroxyl groups is 1. The van der Waals surface area contributed by atoms with Gasteiger partial charge in [0, 0.05) is 42.7 Å². The van der Waals surface area contributed by atoms with Crippen LogP contribution in [0.4, 0.5) is 5.82 Å². The Morgan fingerprint density at radius 3 is 2.59 bits per heavy atom. The van der Waals surface area contributed by atoms with Gasteiger partial charge >= 0.3 is 0 Å². The third-order valence-corrected chi connectivity index (χ3v) is 7.56. The van der Waals surface area contributed by atoms with Crippen LogP contribution in [0.2, 0.25) is 0 Å². The molecule has 1 fully saturated rings. The molecule has 2 N–H and O–H groups in total. The second-order valence-corrected chi connectivity index (χ2v) is 9.90. The van der Waals surface area contributed by atoms with Gasteiger partial charge in [-0.15, -0.1) is 11.3 Å². The van der Waals surface area contributed by atoms with Crippen molar-refractivity contribution in [1.29, 1.82) is 0 Å². The number of rotatable bonds is 10. The molecule has 0 amide bonds. The first kappa shape index (κ1) is 25.3. The van der Waals surface area contributed by atoms with E-state index in [2.05, 4.69) is 44.8 Å². The molecule has 0 saturated carbocycles. The monoisotopic (exact) mass is 520 g/mol. The van der Waals surface area contributed by atoms with E-state index >= 15 is 0 Å². The zero-order valence-corrected chi connectivity index (χ0v) is 21.9. The number of nitrogens with one attached hydrogen (secondary N) is 1. The molecule has 8 nitrogen and oxygen atoms in total. The van der Waals surface area contributed by atoms with E-state index < -0.39 is 6.10 Å². The number of benzene rings is 2. The van der Waals surface area contributed by atoms with Gasteiger partial charge in [-0.25, -0.2) is 9.97 Å². The standard InChI is InChI=1S/C28H32N4O4S/c1-34-24-9-8-22(14-25(24)35-2)36-16-21(33)15-29-20-10-12-32(13-11-20)27-26-23(19-6-4-3-5-7-19)17-37-28(26)31-18-30-27/h3-9,14,17-18,20-21,29,33H,10-13,15-16H2,1-2H3. The molecule has 1 unspecified atom stereocenters. The van der Waals surface area contributed by atoms with Crippen LogP contribution in [-0.4, -0.2) is 67.7 Å². The molecule has 1 aliphatic rings. The number of fused-ring (bicyclic) bond motifs is 1. The van der Waals surface area contributed by atoms with Crippen LogP contribution in [0.5, 0.6) is 17.2 Å². The van der Waals surface area contributed by atoms with Gasteiger partial charge in [-0.1, -0.05) is 30.3 Å². The lowest BCUT2D eigenvalue weighted by Gasteiger charge is -2.34. The number of anilines is 1. The smallest absolute Gasteiger partial charge is 0.164 e. The topological polar surface area (TPSA) is 89.0 Å². The van der Waals surface area contributed by atoms with Crippen LogP contribution >= 0.6 is 11.3 Å². The summed E-state index contributed by atoms with van der Waals surface area (Å²) in [6, 6.07) is 16.1. The number of hydrogen-bond acceptors (Lipinski definition) is 9. The molecule has 37 heavy (non-hydrogen) atoms. The summed E-state index contributed by atoms with van der Waals surface area (Å²) in [6.07, 6.45) is 2.99. The van der Waals surface area contributed by atoms with Crippen molar-refractivity contribution in [1.82, 2.24) is 15.3 Å². The van der Waals surface area contributed by atoms with Gasteiger partial charge in [0.25, 0.3) is 0 Å². The molecule has 0 radical (unpaired) electrons. The lowest BCUT2D eigenvalue weighted by Crippen LogP contribution is -2.45. The Hall–Kier alpha value is -3.40. The molecular formula is C28H32N4O4S. The van der Waals surface area contributed by atoms with Crippen molar-refractivity contribution in [2.24, 2.45) is 0 Å². The molecule has 194 valence electrons. The minimum absolute atomic E-state index is 0.195. The van der Waals surface area contributed by atoms with E-state index in [0.29, 0.717) is 29.8 Å². The zero-order chi connectivity index (χ0) is 25.6. The Morgan fingerprint density at radius 1 is 1.05 bits per heavy atom. The Kier molecular flexibility index (Phi) is 8.03. The maximum absolute atomic E-state index is 10.5. The number of aliphatic hydroxyl groups excluding tert-OH is 1. The van der Waals surface area contributed by atoms with Crippen LogP contribution in [0.3, 0.4) is 0 Å². The highest BCUT2D eigenvalue weighted by Gasteiger charge is 2.24. The van der Waals surface area contributed by atoms with E-state index in [9.17, 15) is 5.11 Å². The van der Waals surface area contributed by atoms with Crippen LogP contribution in [0.15, 0.2) is 60.2 Å². The molecule has 4 aromatic rings. The molecule has 1 aliphatic heterocycles. The first-order valence-electron chi connectivity index (χ1n) is 12.4. The van der Waals surface area contributed by atoms with E-state index in [1.165, 1.54) is 11.1 Å². The third kappa shape index (κ3) is 5.79. The Morgan fingerprint density at radius 2 is 1.84 bits per heavy atom. The number of thiophene rings is 1. The number of hydrogen-bond donors (Lipinski definition) is 2. The van der Waals surface area contributed by atoms with Crippen LogP contribution in [0.25, 0.3) is 21.3 Å². The van der Waals surface area contributed by atoms with Gasteiger partial charge in [0.05, 0.1) is 19.6 Å². The molecule has 0 aliphatic carbocycles. The van der Waals surface area contributed by atoms with E-state index in [1.807, 2.05) is 6.07 Å². The van der Waals surface area contributed by atoms with Gasteiger partial charge in [0.15, 0.2) is 11.5 Å². The number of ether oxygens (including phenoxy) is 3. The fourth-order valence-electron chi connectivity index (χ4n) is 4.69. The molecule has 5 rings (SSSR count). The van der Waals surface area contributed by atoms with Crippen LogP contribution < -0.4 is 24.4 Å². The van der Waals surface area contributed by atoms with Gasteiger partial charge in [-0.05, 0) is 30.5 Å². The van der Waals surface area contributed by atoms with Crippen molar-refractivity contribution < 1.29 is 19.3 Å². The van der Waals surface area contributed by atoms with Gasteiger partial charge in [-0.3, -0.25) is 0 Å². The summed E-state index contributed by atoms with van der Waals surface area (Å²) in [5.74, 6) is 2.87. The van der Waals surface area contributed by atoms with Crippen molar-refractivity contribution in [3.63, 3.8) is 0 Å². The Balaban J connectivity index is 1.14. The summed E-state index contributed by atoms with van der Waals surface area (Å²) in [5, 5.41) is 17.3. The molecule has 0 spiro atoms. The minimum atomic E-state index is -0.619. The predicted octanol–water partition coefficient (Wildman–Crippen LogP) is 4.37. The third-order valence-electron chi connectivity index (χ3n) is 6.67. The molecule has 1 atom stereocenters. The summed E-state index contributed by atoms with van der Waals surface area (Å²) in [4.78, 5) is 12.6. The SMILES string of the molecule is COc1ccc(OCC(O)CNC2CCN(c3ncnc4scc(-c5ccccc5)c34)CC2)cc1OC.